The van der Waals surface area contributed by atoms with Gasteiger partial charge in [0.1, 0.15) is 12.3 Å². The third-order valence-corrected chi connectivity index (χ3v) is 2.37. The van der Waals surface area contributed by atoms with Crippen molar-refractivity contribution in [1.29, 1.82) is 0 Å². The summed E-state index contributed by atoms with van der Waals surface area (Å²) >= 11 is 0. The molecule has 1 aromatic heterocycles. The summed E-state index contributed by atoms with van der Waals surface area (Å²) in [6.45, 7) is 9.84. The summed E-state index contributed by atoms with van der Waals surface area (Å²) in [7, 11) is 0. The Bertz CT molecular complexity index is 468. The van der Waals surface area contributed by atoms with Gasteiger partial charge in [0.2, 0.25) is 5.89 Å². The summed E-state index contributed by atoms with van der Waals surface area (Å²) in [5, 5.41) is 6.11. The van der Waals surface area contributed by atoms with Crippen LogP contribution in [0.1, 0.15) is 39.3 Å². The fourth-order valence-electron chi connectivity index (χ4n) is 1.35. The van der Waals surface area contributed by atoms with Gasteiger partial charge >= 0.3 is 0 Å². The number of nitrogens with zero attached hydrogens (tertiary/aromatic N) is 2. The van der Waals surface area contributed by atoms with E-state index in [1.165, 1.54) is 0 Å². The Balaban J connectivity index is 0.00000361. The Morgan fingerprint density at radius 2 is 2.15 bits per heavy atom. The zero-order chi connectivity index (χ0) is 14.3. The van der Waals surface area contributed by atoms with E-state index in [9.17, 15) is 0 Å². The number of terminal acetylenes is 1. The second-order valence-corrected chi connectivity index (χ2v) is 5.12. The van der Waals surface area contributed by atoms with Crippen LogP contribution in [0, 0.1) is 12.3 Å². The number of rotatable bonds is 4. The van der Waals surface area contributed by atoms with Crippen LogP contribution in [0.2, 0.25) is 0 Å². The lowest BCUT2D eigenvalue weighted by molar-refractivity contribution is 0.383. The molecule has 0 aromatic carbocycles. The minimum absolute atomic E-state index is 0. The van der Waals surface area contributed by atoms with Crippen molar-refractivity contribution in [2.24, 2.45) is 4.99 Å². The van der Waals surface area contributed by atoms with Crippen molar-refractivity contribution >= 4 is 29.9 Å². The van der Waals surface area contributed by atoms with Crippen LogP contribution in [0.5, 0.6) is 0 Å². The van der Waals surface area contributed by atoms with E-state index in [1.54, 1.807) is 6.20 Å². The highest BCUT2D eigenvalue weighted by molar-refractivity contribution is 14.0. The van der Waals surface area contributed by atoms with Crippen molar-refractivity contribution in [2.45, 2.75) is 39.7 Å². The normalized spacial score (nSPS) is 11.4. The van der Waals surface area contributed by atoms with Crippen molar-refractivity contribution in [1.82, 2.24) is 15.6 Å². The van der Waals surface area contributed by atoms with Gasteiger partial charge in [0.05, 0.1) is 12.7 Å². The first-order chi connectivity index (χ1) is 8.97. The summed E-state index contributed by atoms with van der Waals surface area (Å²) in [5.74, 6) is 4.63. The predicted octanol–water partition coefficient (Wildman–Crippen LogP) is 2.28. The molecule has 0 atom stereocenters. The molecule has 0 aliphatic carbocycles. The van der Waals surface area contributed by atoms with Gasteiger partial charge < -0.3 is 15.1 Å². The lowest BCUT2D eigenvalue weighted by Gasteiger charge is -2.13. The second-order valence-electron chi connectivity index (χ2n) is 5.12. The Kier molecular flexibility index (Phi) is 8.30. The molecule has 5 nitrogen and oxygen atoms in total. The van der Waals surface area contributed by atoms with Gasteiger partial charge in [-0.25, -0.2) is 9.98 Å². The summed E-state index contributed by atoms with van der Waals surface area (Å²) in [4.78, 5) is 8.58. The van der Waals surface area contributed by atoms with Gasteiger partial charge in [-0.1, -0.05) is 26.7 Å². The summed E-state index contributed by atoms with van der Waals surface area (Å²) in [6, 6.07) is 0. The summed E-state index contributed by atoms with van der Waals surface area (Å²) in [6.07, 6.45) is 6.96. The molecule has 20 heavy (non-hydrogen) atoms. The zero-order valence-electron chi connectivity index (χ0n) is 12.5. The molecule has 0 spiro atoms. The first-order valence-corrected chi connectivity index (χ1v) is 6.38. The molecular formula is C14H23IN4O. The minimum atomic E-state index is -0.0405. The van der Waals surface area contributed by atoms with Gasteiger partial charge in [-0.2, -0.15) is 0 Å². The highest BCUT2D eigenvalue weighted by Crippen LogP contribution is 2.22. The van der Waals surface area contributed by atoms with E-state index in [1.807, 2.05) is 6.92 Å². The van der Waals surface area contributed by atoms with Gasteiger partial charge in [-0.3, -0.25) is 0 Å². The van der Waals surface area contributed by atoms with Crippen molar-refractivity contribution in [3.05, 3.63) is 17.8 Å². The first kappa shape index (κ1) is 18.8. The monoisotopic (exact) mass is 390 g/mol. The number of hydrogen-bond acceptors (Lipinski definition) is 3. The van der Waals surface area contributed by atoms with E-state index in [0.29, 0.717) is 24.9 Å². The smallest absolute Gasteiger partial charge is 0.216 e. The molecule has 0 saturated heterocycles. The Morgan fingerprint density at radius 1 is 1.45 bits per heavy atom. The van der Waals surface area contributed by atoms with E-state index >= 15 is 0 Å². The van der Waals surface area contributed by atoms with E-state index in [-0.39, 0.29) is 29.4 Å². The van der Waals surface area contributed by atoms with Gasteiger partial charge in [0, 0.05) is 12.0 Å². The van der Waals surface area contributed by atoms with E-state index in [0.717, 1.165) is 12.3 Å². The third-order valence-electron chi connectivity index (χ3n) is 2.37. The molecule has 0 unspecified atom stereocenters. The highest BCUT2D eigenvalue weighted by Gasteiger charge is 2.18. The average molecular weight is 390 g/mol. The third kappa shape index (κ3) is 6.28. The van der Waals surface area contributed by atoms with E-state index < -0.39 is 0 Å². The number of hydrogen-bond donors (Lipinski definition) is 2. The number of guanidine groups is 1. The first-order valence-electron chi connectivity index (χ1n) is 6.38. The van der Waals surface area contributed by atoms with Gasteiger partial charge in [0.15, 0.2) is 5.96 Å². The molecule has 0 amide bonds. The fourth-order valence-corrected chi connectivity index (χ4v) is 1.35. The number of aliphatic imine (C=N–C) groups is 1. The Morgan fingerprint density at radius 3 is 2.65 bits per heavy atom. The Labute approximate surface area is 138 Å². The molecule has 1 rings (SSSR count). The fraction of sp³-hybridized carbons (Fsp3) is 0.571. The van der Waals surface area contributed by atoms with Crippen LogP contribution in [-0.4, -0.2) is 24.0 Å². The molecular weight excluding hydrogens is 367 g/mol. The van der Waals surface area contributed by atoms with Gasteiger partial charge in [0.25, 0.3) is 0 Å². The van der Waals surface area contributed by atoms with Crippen LogP contribution < -0.4 is 10.6 Å². The topological polar surface area (TPSA) is 62.5 Å². The molecule has 1 heterocycles. The predicted molar refractivity (Wildman–Crippen MR) is 92.3 cm³/mol. The van der Waals surface area contributed by atoms with Crippen LogP contribution in [0.15, 0.2) is 15.6 Å². The summed E-state index contributed by atoms with van der Waals surface area (Å²) < 4.78 is 5.67. The van der Waals surface area contributed by atoms with Crippen LogP contribution in [0.3, 0.4) is 0 Å². The molecule has 1 aromatic rings. The zero-order valence-corrected chi connectivity index (χ0v) is 14.8. The molecule has 0 aliphatic rings. The molecule has 0 saturated carbocycles. The molecule has 6 heteroatoms. The minimum Gasteiger partial charge on any atom is -0.443 e. The van der Waals surface area contributed by atoms with Crippen molar-refractivity contribution in [3.8, 4) is 12.3 Å². The van der Waals surface area contributed by atoms with Gasteiger partial charge in [-0.15, -0.1) is 30.4 Å². The maximum Gasteiger partial charge on any atom is 0.216 e. The number of nitrogens with one attached hydrogen (secondary N) is 2. The lowest BCUT2D eigenvalue weighted by atomic mass is 9.94. The van der Waals surface area contributed by atoms with E-state index in [2.05, 4.69) is 47.3 Å². The van der Waals surface area contributed by atoms with Crippen LogP contribution in [-0.2, 0) is 12.0 Å². The largest absolute Gasteiger partial charge is 0.443 e. The van der Waals surface area contributed by atoms with E-state index in [4.69, 9.17) is 10.8 Å². The number of halogens is 1. The Hall–Kier alpha value is -1.23. The molecule has 0 fully saturated rings. The maximum atomic E-state index is 5.67. The quantitative estimate of drug-likeness (QED) is 0.359. The van der Waals surface area contributed by atoms with Crippen molar-refractivity contribution in [2.75, 3.05) is 13.1 Å². The maximum absolute atomic E-state index is 5.67. The number of oxazole rings is 1. The van der Waals surface area contributed by atoms with Crippen molar-refractivity contribution in [3.63, 3.8) is 0 Å². The molecule has 0 radical (unpaired) electrons. The molecule has 112 valence electrons. The second kappa shape index (κ2) is 8.84. The SMILES string of the molecule is C#CCNC(=NCc1ncc(C(C)(C)C)o1)NCC.I. The van der Waals surface area contributed by atoms with Gasteiger partial charge in [-0.05, 0) is 6.92 Å². The lowest BCUT2D eigenvalue weighted by Crippen LogP contribution is -2.37. The highest BCUT2D eigenvalue weighted by atomic mass is 127. The molecule has 2 N–H and O–H groups in total. The number of aromatic nitrogens is 1. The average Bonchev–Trinajstić information content (AvgIpc) is 2.81. The molecule has 0 bridgehead atoms. The summed E-state index contributed by atoms with van der Waals surface area (Å²) in [5.41, 5.74) is -0.0405. The molecule has 0 aliphatic heterocycles. The van der Waals surface area contributed by atoms with Crippen LogP contribution in [0.4, 0.5) is 0 Å². The van der Waals surface area contributed by atoms with Crippen LogP contribution in [0.25, 0.3) is 0 Å². The standard InChI is InChI=1S/C14H22N4O.HI/c1-6-8-16-13(15-7-2)18-10-12-17-9-11(19-12)14(3,4)5;/h1,9H,7-8,10H2,2-5H3,(H2,15,16,18);1H. The van der Waals surface area contributed by atoms with Crippen molar-refractivity contribution < 1.29 is 4.42 Å². The van der Waals surface area contributed by atoms with Crippen LogP contribution >= 0.6 is 24.0 Å².